The molecule has 0 bridgehead atoms. The predicted octanol–water partition coefficient (Wildman–Crippen LogP) is 5.00. The first-order chi connectivity index (χ1) is 15.4. The average molecular weight is 429 g/mol. The normalized spacial score (nSPS) is 16.3. The molecule has 1 aliphatic heterocycles. The molecule has 164 valence electrons. The van der Waals surface area contributed by atoms with Crippen molar-refractivity contribution in [2.24, 2.45) is 0 Å². The summed E-state index contributed by atoms with van der Waals surface area (Å²) in [5.41, 5.74) is 4.20. The first-order valence-corrected chi connectivity index (χ1v) is 11.0. The molecule has 3 heterocycles. The van der Waals surface area contributed by atoms with Gasteiger partial charge < -0.3 is 14.2 Å². The van der Waals surface area contributed by atoms with Gasteiger partial charge in [-0.1, -0.05) is 44.2 Å². The highest BCUT2D eigenvalue weighted by atomic mass is 16.3. The highest BCUT2D eigenvalue weighted by Crippen LogP contribution is 2.33. The third-order valence-corrected chi connectivity index (χ3v) is 6.06. The van der Waals surface area contributed by atoms with Crippen molar-refractivity contribution in [1.82, 2.24) is 9.88 Å². The van der Waals surface area contributed by atoms with Crippen molar-refractivity contribution in [1.29, 1.82) is 5.26 Å². The molecule has 0 spiro atoms. The lowest BCUT2D eigenvalue weighted by Gasteiger charge is -2.40. The van der Waals surface area contributed by atoms with E-state index in [1.54, 1.807) is 19.3 Å². The van der Waals surface area contributed by atoms with Gasteiger partial charge in [0.1, 0.15) is 17.6 Å². The summed E-state index contributed by atoms with van der Waals surface area (Å²) in [4.78, 5) is 22.0. The fourth-order valence-electron chi connectivity index (χ4n) is 4.34. The Morgan fingerprint density at radius 1 is 1.22 bits per heavy atom. The monoisotopic (exact) mass is 428 g/mol. The van der Waals surface area contributed by atoms with Gasteiger partial charge in [-0.3, -0.25) is 4.79 Å². The second-order valence-corrected chi connectivity index (χ2v) is 8.61. The van der Waals surface area contributed by atoms with E-state index in [4.69, 9.17) is 9.40 Å². The van der Waals surface area contributed by atoms with Gasteiger partial charge in [0.05, 0.1) is 23.1 Å². The summed E-state index contributed by atoms with van der Waals surface area (Å²) in [5, 5.41) is 9.92. The summed E-state index contributed by atoms with van der Waals surface area (Å²) in [6, 6.07) is 16.1. The van der Waals surface area contributed by atoms with Gasteiger partial charge in [-0.25, -0.2) is 4.98 Å². The van der Waals surface area contributed by atoms with Crippen molar-refractivity contribution < 1.29 is 9.21 Å². The number of hydrogen-bond acceptors (Lipinski definition) is 5. The SMILES string of the molecule is Cc1occc1C(=O)N1CCN(c2nc(C(C)C)c(-c3ccccc3)cc2C#N)CC1C. The van der Waals surface area contributed by atoms with E-state index in [9.17, 15) is 10.1 Å². The first-order valence-electron chi connectivity index (χ1n) is 11.0. The molecule has 1 atom stereocenters. The molecule has 1 saturated heterocycles. The number of nitrogens with zero attached hydrogens (tertiary/aromatic N) is 4. The van der Waals surface area contributed by atoms with E-state index >= 15 is 0 Å². The molecule has 1 unspecified atom stereocenters. The average Bonchev–Trinajstić information content (AvgIpc) is 3.24. The number of carbonyl (C=O) groups is 1. The maximum absolute atomic E-state index is 13.0. The van der Waals surface area contributed by atoms with Crippen LogP contribution in [0.15, 0.2) is 53.1 Å². The quantitative estimate of drug-likeness (QED) is 0.585. The van der Waals surface area contributed by atoms with Gasteiger partial charge in [0.25, 0.3) is 5.91 Å². The van der Waals surface area contributed by atoms with Gasteiger partial charge in [-0.15, -0.1) is 0 Å². The van der Waals surface area contributed by atoms with Crippen molar-refractivity contribution >= 4 is 11.7 Å². The Morgan fingerprint density at radius 2 is 1.97 bits per heavy atom. The molecule has 0 N–H and O–H groups in total. The third-order valence-electron chi connectivity index (χ3n) is 6.06. The van der Waals surface area contributed by atoms with Gasteiger partial charge in [-0.2, -0.15) is 5.26 Å². The number of furan rings is 1. The number of rotatable bonds is 4. The van der Waals surface area contributed by atoms with Crippen LogP contribution in [-0.4, -0.2) is 41.5 Å². The highest BCUT2D eigenvalue weighted by Gasteiger charge is 2.31. The van der Waals surface area contributed by atoms with Crippen molar-refractivity contribution in [3.8, 4) is 17.2 Å². The molecule has 0 aliphatic carbocycles. The van der Waals surface area contributed by atoms with Crippen molar-refractivity contribution in [3.63, 3.8) is 0 Å². The van der Waals surface area contributed by atoms with Gasteiger partial charge in [-0.05, 0) is 37.5 Å². The Kier molecular flexibility index (Phi) is 6.00. The second kappa shape index (κ2) is 8.88. The lowest BCUT2D eigenvalue weighted by atomic mass is 9.95. The Labute approximate surface area is 189 Å². The first kappa shape index (κ1) is 21.6. The van der Waals surface area contributed by atoms with E-state index in [-0.39, 0.29) is 17.9 Å². The van der Waals surface area contributed by atoms with Crippen molar-refractivity contribution in [2.45, 2.75) is 39.7 Å². The summed E-state index contributed by atoms with van der Waals surface area (Å²) in [5.74, 6) is 1.53. The number of piperazine rings is 1. The van der Waals surface area contributed by atoms with Crippen LogP contribution in [0.5, 0.6) is 0 Å². The summed E-state index contributed by atoms with van der Waals surface area (Å²) < 4.78 is 5.31. The van der Waals surface area contributed by atoms with Crippen LogP contribution in [0.4, 0.5) is 5.82 Å². The van der Waals surface area contributed by atoms with Crippen LogP contribution < -0.4 is 4.90 Å². The van der Waals surface area contributed by atoms with E-state index in [0.29, 0.717) is 42.3 Å². The van der Waals surface area contributed by atoms with Gasteiger partial charge in [0, 0.05) is 31.2 Å². The smallest absolute Gasteiger partial charge is 0.257 e. The maximum Gasteiger partial charge on any atom is 0.257 e. The molecule has 2 aromatic heterocycles. The van der Waals surface area contributed by atoms with Crippen LogP contribution in [0.2, 0.25) is 0 Å². The number of aromatic nitrogens is 1. The number of anilines is 1. The largest absolute Gasteiger partial charge is 0.469 e. The molecule has 6 nitrogen and oxygen atoms in total. The standard InChI is InChI=1S/C26H28N4O2/c1-17(2)24-23(20-8-6-5-7-9-20)14-21(15-27)25(28-24)29-11-12-30(18(3)16-29)26(31)22-10-13-32-19(22)4/h5-10,13-14,17-18H,11-12,16H2,1-4H3. The van der Waals surface area contributed by atoms with Crippen LogP contribution in [0, 0.1) is 18.3 Å². The molecular weight excluding hydrogens is 400 g/mol. The Balaban J connectivity index is 1.64. The fourth-order valence-corrected chi connectivity index (χ4v) is 4.34. The molecular formula is C26H28N4O2. The third kappa shape index (κ3) is 3.99. The van der Waals surface area contributed by atoms with E-state index in [1.807, 2.05) is 48.2 Å². The van der Waals surface area contributed by atoms with Crippen molar-refractivity contribution in [2.75, 3.05) is 24.5 Å². The van der Waals surface area contributed by atoms with Crippen LogP contribution in [0.3, 0.4) is 0 Å². The Hall–Kier alpha value is -3.59. The van der Waals surface area contributed by atoms with Gasteiger partial charge >= 0.3 is 0 Å². The molecule has 1 aromatic carbocycles. The lowest BCUT2D eigenvalue weighted by Crippen LogP contribution is -2.54. The number of nitriles is 1. The number of pyridine rings is 1. The molecule has 1 fully saturated rings. The zero-order valence-electron chi connectivity index (χ0n) is 19.0. The summed E-state index contributed by atoms with van der Waals surface area (Å²) in [6.45, 7) is 9.89. The van der Waals surface area contributed by atoms with Gasteiger partial charge in [0.15, 0.2) is 0 Å². The van der Waals surface area contributed by atoms with Crippen LogP contribution >= 0.6 is 0 Å². The van der Waals surface area contributed by atoms with E-state index in [2.05, 4.69) is 24.8 Å². The van der Waals surface area contributed by atoms with E-state index < -0.39 is 0 Å². The molecule has 1 aliphatic rings. The Bertz CT molecular complexity index is 1160. The Morgan fingerprint density at radius 3 is 2.56 bits per heavy atom. The van der Waals surface area contributed by atoms with Crippen LogP contribution in [0.25, 0.3) is 11.1 Å². The molecule has 1 amide bonds. The van der Waals surface area contributed by atoms with Crippen LogP contribution in [0.1, 0.15) is 54.1 Å². The number of amides is 1. The number of benzene rings is 1. The van der Waals surface area contributed by atoms with E-state index in [1.165, 1.54) is 0 Å². The predicted molar refractivity (Wildman–Crippen MR) is 125 cm³/mol. The molecule has 3 aromatic rings. The number of aryl methyl sites for hydroxylation is 1. The summed E-state index contributed by atoms with van der Waals surface area (Å²) >= 11 is 0. The lowest BCUT2D eigenvalue weighted by molar-refractivity contribution is 0.0672. The zero-order valence-corrected chi connectivity index (χ0v) is 19.0. The number of carbonyl (C=O) groups excluding carboxylic acids is 1. The molecule has 0 radical (unpaired) electrons. The fraction of sp³-hybridized carbons (Fsp3) is 0.346. The number of hydrogen-bond donors (Lipinski definition) is 0. The minimum Gasteiger partial charge on any atom is -0.469 e. The molecule has 4 rings (SSSR count). The highest BCUT2D eigenvalue weighted by molar-refractivity contribution is 5.95. The minimum absolute atomic E-state index is 0.0147. The zero-order chi connectivity index (χ0) is 22.8. The molecule has 32 heavy (non-hydrogen) atoms. The second-order valence-electron chi connectivity index (χ2n) is 8.61. The van der Waals surface area contributed by atoms with E-state index in [0.717, 1.165) is 16.8 Å². The maximum atomic E-state index is 13.0. The summed E-state index contributed by atoms with van der Waals surface area (Å²) in [7, 11) is 0. The summed E-state index contributed by atoms with van der Waals surface area (Å²) in [6.07, 6.45) is 1.55. The molecule has 0 saturated carbocycles. The molecule has 6 heteroatoms. The van der Waals surface area contributed by atoms with Gasteiger partial charge in [0.2, 0.25) is 0 Å². The topological polar surface area (TPSA) is 73.4 Å². The van der Waals surface area contributed by atoms with Crippen LogP contribution in [-0.2, 0) is 0 Å². The minimum atomic E-state index is -0.0183. The van der Waals surface area contributed by atoms with Crippen molar-refractivity contribution in [3.05, 3.63) is 71.3 Å².